The fraction of sp³-hybridized carbons (Fsp3) is 0.120. The number of methoxy groups -OCH3 is 2. The van der Waals surface area contributed by atoms with Crippen LogP contribution in [0, 0.1) is 6.92 Å². The van der Waals surface area contributed by atoms with Crippen molar-refractivity contribution >= 4 is 34.2 Å². The second-order valence-corrected chi connectivity index (χ2v) is 7.48. The molecule has 1 heterocycles. The van der Waals surface area contributed by atoms with Crippen LogP contribution in [0.2, 0.25) is 5.02 Å². The van der Waals surface area contributed by atoms with Gasteiger partial charge in [-0.15, -0.1) is 0 Å². The maximum absolute atomic E-state index is 13.2. The van der Waals surface area contributed by atoms with E-state index in [2.05, 4.69) is 5.32 Å². The van der Waals surface area contributed by atoms with Gasteiger partial charge in [0, 0.05) is 23.3 Å². The molecule has 0 spiro atoms. The molecule has 1 amide bonds. The minimum atomic E-state index is -0.468. The van der Waals surface area contributed by atoms with Crippen molar-refractivity contribution in [1.82, 2.24) is 0 Å². The Hall–Kier alpha value is -3.77. The number of amides is 1. The van der Waals surface area contributed by atoms with Crippen LogP contribution >= 0.6 is 11.6 Å². The number of benzene rings is 3. The van der Waals surface area contributed by atoms with Crippen molar-refractivity contribution in [1.29, 1.82) is 0 Å². The fourth-order valence-corrected chi connectivity index (χ4v) is 3.73. The summed E-state index contributed by atoms with van der Waals surface area (Å²) < 4.78 is 16.7. The number of para-hydroxylation sites is 1. The van der Waals surface area contributed by atoms with E-state index in [4.69, 9.17) is 25.5 Å². The van der Waals surface area contributed by atoms with Crippen LogP contribution in [-0.2, 0) is 0 Å². The summed E-state index contributed by atoms with van der Waals surface area (Å²) in [7, 11) is 2.95. The predicted molar refractivity (Wildman–Crippen MR) is 125 cm³/mol. The van der Waals surface area contributed by atoms with Gasteiger partial charge in [0.25, 0.3) is 5.91 Å². The third kappa shape index (κ3) is 3.81. The second kappa shape index (κ2) is 8.77. The molecule has 0 aliphatic rings. The Morgan fingerprint density at radius 1 is 0.969 bits per heavy atom. The van der Waals surface area contributed by atoms with E-state index < -0.39 is 5.91 Å². The Balaban J connectivity index is 1.84. The zero-order valence-corrected chi connectivity index (χ0v) is 18.4. The lowest BCUT2D eigenvalue weighted by Crippen LogP contribution is -2.15. The number of anilines is 1. The highest BCUT2D eigenvalue weighted by molar-refractivity contribution is 6.32. The molecule has 0 aliphatic carbocycles. The number of nitrogens with one attached hydrogen (secondary N) is 1. The molecule has 0 atom stereocenters. The summed E-state index contributed by atoms with van der Waals surface area (Å²) in [6.07, 6.45) is 0. The molecular weight excluding hydrogens is 430 g/mol. The minimum Gasteiger partial charge on any atom is -0.495 e. The number of carbonyl (C=O) groups excluding carboxylic acids is 1. The molecule has 4 rings (SSSR count). The van der Waals surface area contributed by atoms with Crippen LogP contribution in [0.15, 0.2) is 69.9 Å². The van der Waals surface area contributed by atoms with Crippen LogP contribution in [0.1, 0.15) is 15.9 Å². The van der Waals surface area contributed by atoms with Gasteiger partial charge in [-0.1, -0.05) is 48.0 Å². The van der Waals surface area contributed by atoms with Gasteiger partial charge in [0.15, 0.2) is 11.0 Å². The van der Waals surface area contributed by atoms with Crippen molar-refractivity contribution < 1.29 is 18.7 Å². The maximum atomic E-state index is 13.2. The van der Waals surface area contributed by atoms with Gasteiger partial charge in [-0.25, -0.2) is 0 Å². The topological polar surface area (TPSA) is 77.8 Å². The molecule has 1 aromatic heterocycles. The lowest BCUT2D eigenvalue weighted by atomic mass is 10.0. The van der Waals surface area contributed by atoms with Crippen molar-refractivity contribution in [2.75, 3.05) is 19.5 Å². The average molecular weight is 450 g/mol. The number of hydrogen-bond donors (Lipinski definition) is 1. The molecule has 0 radical (unpaired) electrons. The van der Waals surface area contributed by atoms with Crippen molar-refractivity contribution in [3.05, 3.63) is 87.0 Å². The monoisotopic (exact) mass is 449 g/mol. The standard InChI is InChI=1S/C25H20ClNO5/c1-14-22(28)16-10-7-11-17(24(16)32-23(14)15-8-5-4-6-9-15)25(29)27-19-13-20(30-2)18(26)12-21(19)31-3/h4-13H,1-3H3,(H,27,29). The summed E-state index contributed by atoms with van der Waals surface area (Å²) >= 11 is 6.15. The zero-order valence-electron chi connectivity index (χ0n) is 17.7. The van der Waals surface area contributed by atoms with Crippen molar-refractivity contribution in [2.24, 2.45) is 0 Å². The van der Waals surface area contributed by atoms with E-state index in [0.717, 1.165) is 5.56 Å². The van der Waals surface area contributed by atoms with E-state index in [1.54, 1.807) is 37.3 Å². The highest BCUT2D eigenvalue weighted by Crippen LogP contribution is 2.36. The Morgan fingerprint density at radius 3 is 2.38 bits per heavy atom. The van der Waals surface area contributed by atoms with Crippen molar-refractivity contribution in [3.63, 3.8) is 0 Å². The van der Waals surface area contributed by atoms with Gasteiger partial charge >= 0.3 is 0 Å². The number of fused-ring (bicyclic) bond motifs is 1. The Labute approximate surface area is 189 Å². The lowest BCUT2D eigenvalue weighted by molar-refractivity contribution is 0.102. The van der Waals surface area contributed by atoms with Crippen LogP contribution in [-0.4, -0.2) is 20.1 Å². The molecule has 32 heavy (non-hydrogen) atoms. The Morgan fingerprint density at radius 2 is 1.69 bits per heavy atom. The van der Waals surface area contributed by atoms with Gasteiger partial charge in [0.1, 0.15) is 17.3 Å². The molecule has 7 heteroatoms. The Bertz CT molecular complexity index is 1380. The van der Waals surface area contributed by atoms with Gasteiger partial charge in [0.2, 0.25) is 0 Å². The summed E-state index contributed by atoms with van der Waals surface area (Å²) in [4.78, 5) is 26.3. The minimum absolute atomic E-state index is 0.189. The van der Waals surface area contributed by atoms with E-state index >= 15 is 0 Å². The van der Waals surface area contributed by atoms with Gasteiger partial charge in [-0.05, 0) is 19.1 Å². The van der Waals surface area contributed by atoms with Gasteiger partial charge < -0.3 is 19.2 Å². The number of ether oxygens (including phenoxy) is 2. The first-order valence-electron chi connectivity index (χ1n) is 9.79. The number of halogens is 1. The highest BCUT2D eigenvalue weighted by atomic mass is 35.5. The summed E-state index contributed by atoms with van der Waals surface area (Å²) in [6.45, 7) is 1.71. The smallest absolute Gasteiger partial charge is 0.259 e. The molecule has 4 aromatic rings. The van der Waals surface area contributed by atoms with Crippen LogP contribution in [0.25, 0.3) is 22.3 Å². The molecule has 0 fully saturated rings. The first kappa shape index (κ1) is 21.5. The first-order valence-corrected chi connectivity index (χ1v) is 10.2. The predicted octanol–water partition coefficient (Wildman–Crippen LogP) is 5.69. The summed E-state index contributed by atoms with van der Waals surface area (Å²) in [5.74, 6) is 0.708. The van der Waals surface area contributed by atoms with Crippen LogP contribution < -0.4 is 20.2 Å². The molecule has 0 saturated carbocycles. The molecule has 0 unspecified atom stereocenters. The van der Waals surface area contributed by atoms with E-state index in [9.17, 15) is 9.59 Å². The fourth-order valence-electron chi connectivity index (χ4n) is 3.50. The number of carbonyl (C=O) groups is 1. The molecule has 1 N–H and O–H groups in total. The van der Waals surface area contributed by atoms with Crippen LogP contribution in [0.4, 0.5) is 5.69 Å². The molecule has 0 aliphatic heterocycles. The Kier molecular flexibility index (Phi) is 5.88. The largest absolute Gasteiger partial charge is 0.495 e. The molecular formula is C25H20ClNO5. The highest BCUT2D eigenvalue weighted by Gasteiger charge is 2.20. The summed E-state index contributed by atoms with van der Waals surface area (Å²) in [6, 6.07) is 17.3. The van der Waals surface area contributed by atoms with E-state index in [1.807, 2.05) is 30.3 Å². The van der Waals surface area contributed by atoms with E-state index in [-0.39, 0.29) is 16.6 Å². The van der Waals surface area contributed by atoms with Crippen molar-refractivity contribution in [3.8, 4) is 22.8 Å². The molecule has 0 saturated heterocycles. The second-order valence-electron chi connectivity index (χ2n) is 7.07. The maximum Gasteiger partial charge on any atom is 0.259 e. The summed E-state index contributed by atoms with van der Waals surface area (Å²) in [5, 5.41) is 3.48. The molecule has 3 aromatic carbocycles. The molecule has 0 bridgehead atoms. The van der Waals surface area contributed by atoms with Crippen LogP contribution in [0.3, 0.4) is 0 Å². The van der Waals surface area contributed by atoms with E-state index in [1.165, 1.54) is 14.2 Å². The number of hydrogen-bond acceptors (Lipinski definition) is 5. The van der Waals surface area contributed by atoms with Gasteiger partial charge in [0.05, 0.1) is 35.9 Å². The third-order valence-electron chi connectivity index (χ3n) is 5.15. The normalized spacial score (nSPS) is 10.8. The lowest BCUT2D eigenvalue weighted by Gasteiger charge is -2.14. The average Bonchev–Trinajstić information content (AvgIpc) is 2.82. The van der Waals surface area contributed by atoms with Gasteiger partial charge in [-0.3, -0.25) is 9.59 Å². The molecule has 6 nitrogen and oxygen atoms in total. The third-order valence-corrected chi connectivity index (χ3v) is 5.44. The van der Waals surface area contributed by atoms with Gasteiger partial charge in [-0.2, -0.15) is 0 Å². The van der Waals surface area contributed by atoms with Crippen molar-refractivity contribution in [2.45, 2.75) is 6.92 Å². The molecule has 162 valence electrons. The first-order chi connectivity index (χ1) is 15.4. The van der Waals surface area contributed by atoms with Crippen LogP contribution in [0.5, 0.6) is 11.5 Å². The summed E-state index contributed by atoms with van der Waals surface area (Å²) in [5.41, 5.74) is 1.83. The SMILES string of the molecule is COc1cc(NC(=O)c2cccc3c(=O)c(C)c(-c4ccccc4)oc23)c(OC)cc1Cl. The number of rotatable bonds is 5. The quantitative estimate of drug-likeness (QED) is 0.423. The zero-order chi connectivity index (χ0) is 22.8. The van der Waals surface area contributed by atoms with E-state index in [0.29, 0.717) is 38.9 Å².